The third-order valence-corrected chi connectivity index (χ3v) is 4.32. The topological polar surface area (TPSA) is 97.3 Å². The molecule has 0 radical (unpaired) electrons. The summed E-state index contributed by atoms with van der Waals surface area (Å²) in [7, 11) is 2.85. The van der Waals surface area contributed by atoms with Gasteiger partial charge in [0.15, 0.2) is 22.7 Å². The zero-order chi connectivity index (χ0) is 17.3. The van der Waals surface area contributed by atoms with Crippen LogP contribution in [0.15, 0.2) is 30.6 Å². The molecule has 0 unspecified atom stereocenters. The maximum absolute atomic E-state index is 12.5. The molecule has 0 amide bonds. The van der Waals surface area contributed by atoms with Crippen LogP contribution in [0.2, 0.25) is 0 Å². The van der Waals surface area contributed by atoms with Crippen LogP contribution in [-0.2, 0) is 0 Å². The highest BCUT2D eigenvalue weighted by Gasteiger charge is 2.28. The summed E-state index contributed by atoms with van der Waals surface area (Å²) in [5.41, 5.74) is -0.964. The van der Waals surface area contributed by atoms with Gasteiger partial charge in [-0.2, -0.15) is 0 Å². The lowest BCUT2D eigenvalue weighted by Crippen LogP contribution is -2.08. The molecular weight excluding hydrogens is 332 g/mol. The Morgan fingerprint density at radius 3 is 2.28 bits per heavy atom. The van der Waals surface area contributed by atoms with E-state index in [2.05, 4.69) is 0 Å². The van der Waals surface area contributed by atoms with Crippen molar-refractivity contribution in [1.82, 2.24) is 0 Å². The SMILES string of the molecule is COc1cc2c(=O)oc3c4c(cc5c(=O)oc(c1OC)c2c35)OCO4. The molecule has 0 atom stereocenters. The van der Waals surface area contributed by atoms with Crippen LogP contribution < -0.4 is 30.2 Å². The molecule has 2 aromatic heterocycles. The third kappa shape index (κ3) is 1.60. The molecular formula is C17H10O8. The molecule has 8 heteroatoms. The van der Waals surface area contributed by atoms with Gasteiger partial charge in [0.2, 0.25) is 18.3 Å². The summed E-state index contributed by atoms with van der Waals surface area (Å²) < 4.78 is 32.2. The minimum absolute atomic E-state index is 0.0243. The molecule has 4 aromatic rings. The molecule has 0 fully saturated rings. The standard InChI is InChI=1S/C17H10O8/c1-20-8-3-6-10-11-7(17(19)24-14(10)12(8)21-2)4-9-13(23-5-22-9)15(11)25-16(6)18/h3-4H,5H2,1-2H3. The van der Waals surface area contributed by atoms with Gasteiger partial charge in [-0.3, -0.25) is 0 Å². The van der Waals surface area contributed by atoms with Crippen molar-refractivity contribution in [1.29, 1.82) is 0 Å². The van der Waals surface area contributed by atoms with Gasteiger partial charge in [0.25, 0.3) is 0 Å². The second kappa shape index (κ2) is 4.56. The van der Waals surface area contributed by atoms with Crippen LogP contribution in [0.1, 0.15) is 0 Å². The lowest BCUT2D eigenvalue weighted by Gasteiger charge is -2.13. The van der Waals surface area contributed by atoms with Gasteiger partial charge < -0.3 is 27.8 Å². The zero-order valence-corrected chi connectivity index (χ0v) is 13.1. The second-order valence-corrected chi connectivity index (χ2v) is 5.50. The largest absolute Gasteiger partial charge is 0.493 e. The smallest absolute Gasteiger partial charge is 0.344 e. The lowest BCUT2D eigenvalue weighted by molar-refractivity contribution is 0.174. The summed E-state index contributed by atoms with van der Waals surface area (Å²) in [4.78, 5) is 25.1. The number of hydrogen-bond acceptors (Lipinski definition) is 8. The molecule has 8 nitrogen and oxygen atoms in total. The molecule has 0 saturated heterocycles. The van der Waals surface area contributed by atoms with E-state index in [4.69, 9.17) is 27.8 Å². The Kier molecular flexibility index (Phi) is 2.55. The molecule has 3 heterocycles. The van der Waals surface area contributed by atoms with Gasteiger partial charge in [0, 0.05) is 10.8 Å². The first-order chi connectivity index (χ1) is 12.1. The summed E-state index contributed by atoms with van der Waals surface area (Å²) in [6.07, 6.45) is 0. The Bertz CT molecular complexity index is 1280. The number of methoxy groups -OCH3 is 2. The molecule has 2 aromatic carbocycles. The summed E-state index contributed by atoms with van der Waals surface area (Å²) in [5, 5.41) is 1.28. The van der Waals surface area contributed by atoms with Crippen LogP contribution in [-0.4, -0.2) is 21.0 Å². The average Bonchev–Trinajstić information content (AvgIpc) is 3.08. The number of benzene rings is 2. The van der Waals surface area contributed by atoms with Crippen molar-refractivity contribution >= 4 is 32.7 Å². The van der Waals surface area contributed by atoms with E-state index in [0.29, 0.717) is 16.5 Å². The van der Waals surface area contributed by atoms with E-state index in [9.17, 15) is 9.59 Å². The fourth-order valence-electron chi connectivity index (χ4n) is 3.28. The molecule has 0 aliphatic carbocycles. The minimum Gasteiger partial charge on any atom is -0.493 e. The molecule has 1 aliphatic rings. The van der Waals surface area contributed by atoms with E-state index in [0.717, 1.165) is 0 Å². The molecule has 0 bridgehead atoms. The highest BCUT2D eigenvalue weighted by molar-refractivity contribution is 6.22. The first kappa shape index (κ1) is 14.0. The molecule has 25 heavy (non-hydrogen) atoms. The van der Waals surface area contributed by atoms with Crippen molar-refractivity contribution in [3.63, 3.8) is 0 Å². The first-order valence-corrected chi connectivity index (χ1v) is 7.34. The van der Waals surface area contributed by atoms with Crippen molar-refractivity contribution < 1.29 is 27.8 Å². The maximum Gasteiger partial charge on any atom is 0.344 e. The van der Waals surface area contributed by atoms with E-state index < -0.39 is 11.3 Å². The Labute approximate surface area is 138 Å². The van der Waals surface area contributed by atoms with Crippen molar-refractivity contribution in [2.75, 3.05) is 21.0 Å². The highest BCUT2D eigenvalue weighted by Crippen LogP contribution is 2.46. The van der Waals surface area contributed by atoms with E-state index in [1.807, 2.05) is 0 Å². The number of hydrogen-bond donors (Lipinski definition) is 0. The van der Waals surface area contributed by atoms with Crippen LogP contribution in [0.25, 0.3) is 32.7 Å². The first-order valence-electron chi connectivity index (χ1n) is 7.34. The van der Waals surface area contributed by atoms with Crippen LogP contribution >= 0.6 is 0 Å². The highest BCUT2D eigenvalue weighted by atomic mass is 16.7. The molecule has 0 spiro atoms. The summed E-state index contributed by atoms with van der Waals surface area (Å²) >= 11 is 0. The van der Waals surface area contributed by atoms with Crippen molar-refractivity contribution in [2.24, 2.45) is 0 Å². The summed E-state index contributed by atoms with van der Waals surface area (Å²) in [6, 6.07) is 3.02. The summed E-state index contributed by atoms with van der Waals surface area (Å²) in [5.74, 6) is 1.09. The predicted molar refractivity (Wildman–Crippen MR) is 86.4 cm³/mol. The second-order valence-electron chi connectivity index (χ2n) is 5.50. The van der Waals surface area contributed by atoms with E-state index in [1.165, 1.54) is 26.4 Å². The molecule has 0 saturated carbocycles. The zero-order valence-electron chi connectivity index (χ0n) is 13.1. The average molecular weight is 342 g/mol. The predicted octanol–water partition coefficient (Wildman–Crippen LogP) is 2.24. The van der Waals surface area contributed by atoms with Crippen molar-refractivity contribution in [3.05, 3.63) is 33.0 Å². The molecule has 0 N–H and O–H groups in total. The fraction of sp³-hybridized carbons (Fsp3) is 0.176. The third-order valence-electron chi connectivity index (χ3n) is 4.32. The number of rotatable bonds is 2. The minimum atomic E-state index is -0.613. The van der Waals surface area contributed by atoms with Crippen molar-refractivity contribution in [3.8, 4) is 23.0 Å². The normalized spacial score (nSPS) is 13.2. The Hall–Kier alpha value is -3.42. The van der Waals surface area contributed by atoms with Gasteiger partial charge >= 0.3 is 11.3 Å². The Balaban J connectivity index is 2.17. The van der Waals surface area contributed by atoms with Crippen LogP contribution in [0, 0.1) is 0 Å². The summed E-state index contributed by atoms with van der Waals surface area (Å²) in [6.45, 7) is -0.0243. The molecule has 1 aliphatic heterocycles. The van der Waals surface area contributed by atoms with Crippen LogP contribution in [0.3, 0.4) is 0 Å². The van der Waals surface area contributed by atoms with Crippen LogP contribution in [0.4, 0.5) is 0 Å². The lowest BCUT2D eigenvalue weighted by atomic mass is 10.0. The van der Waals surface area contributed by atoms with E-state index in [-0.39, 0.29) is 46.0 Å². The number of fused-ring (bicyclic) bond motifs is 2. The monoisotopic (exact) mass is 342 g/mol. The van der Waals surface area contributed by atoms with E-state index in [1.54, 1.807) is 0 Å². The van der Waals surface area contributed by atoms with Crippen molar-refractivity contribution in [2.45, 2.75) is 0 Å². The maximum atomic E-state index is 12.5. The van der Waals surface area contributed by atoms with Gasteiger partial charge in [-0.15, -0.1) is 0 Å². The van der Waals surface area contributed by atoms with Gasteiger partial charge in [0.05, 0.1) is 25.0 Å². The van der Waals surface area contributed by atoms with Gasteiger partial charge in [0.1, 0.15) is 0 Å². The number of ether oxygens (including phenoxy) is 4. The quantitative estimate of drug-likeness (QED) is 0.404. The Morgan fingerprint density at radius 2 is 1.56 bits per heavy atom. The molecule has 5 rings (SSSR count). The van der Waals surface area contributed by atoms with Gasteiger partial charge in [-0.05, 0) is 12.1 Å². The molecule has 126 valence electrons. The van der Waals surface area contributed by atoms with Gasteiger partial charge in [-0.1, -0.05) is 0 Å². The Morgan fingerprint density at radius 1 is 0.880 bits per heavy atom. The van der Waals surface area contributed by atoms with Crippen LogP contribution in [0.5, 0.6) is 23.0 Å². The van der Waals surface area contributed by atoms with E-state index >= 15 is 0 Å². The fourth-order valence-corrected chi connectivity index (χ4v) is 3.28. The van der Waals surface area contributed by atoms with Gasteiger partial charge in [-0.25, -0.2) is 9.59 Å².